The van der Waals surface area contributed by atoms with E-state index in [2.05, 4.69) is 15.3 Å². The van der Waals surface area contributed by atoms with Gasteiger partial charge in [0.15, 0.2) is 0 Å². The molecule has 24 heavy (non-hydrogen) atoms. The van der Waals surface area contributed by atoms with Crippen LogP contribution in [0.4, 0.5) is 0 Å². The summed E-state index contributed by atoms with van der Waals surface area (Å²) in [6, 6.07) is 12.7. The number of hydrogen-bond acceptors (Lipinski definition) is 3. The van der Waals surface area contributed by atoms with Crippen molar-refractivity contribution < 1.29 is 4.79 Å². The Kier molecular flexibility index (Phi) is 4.49. The first-order valence-corrected chi connectivity index (χ1v) is 8.13. The third-order valence-electron chi connectivity index (χ3n) is 4.03. The summed E-state index contributed by atoms with van der Waals surface area (Å²) < 4.78 is 0. The summed E-state index contributed by atoms with van der Waals surface area (Å²) in [5.41, 5.74) is 4.80. The summed E-state index contributed by atoms with van der Waals surface area (Å²) in [5, 5.41) is 3.64. The zero-order chi connectivity index (χ0) is 17.3. The fraction of sp³-hybridized carbons (Fsp3) is 0.211. The molecule has 1 aromatic heterocycles. The number of aromatic nitrogens is 2. The molecule has 0 fully saturated rings. The van der Waals surface area contributed by atoms with E-state index in [1.807, 2.05) is 51.1 Å². The van der Waals surface area contributed by atoms with Crippen LogP contribution in [0.3, 0.4) is 0 Å². The van der Waals surface area contributed by atoms with E-state index < -0.39 is 0 Å². The number of nitrogens with one attached hydrogen (secondary N) is 1. The third kappa shape index (κ3) is 3.39. The molecule has 1 heterocycles. The van der Waals surface area contributed by atoms with Crippen molar-refractivity contribution in [2.45, 2.75) is 26.8 Å². The molecule has 0 spiro atoms. The van der Waals surface area contributed by atoms with Gasteiger partial charge < -0.3 is 5.32 Å². The molecule has 0 aliphatic heterocycles. The van der Waals surface area contributed by atoms with Gasteiger partial charge in [-0.15, -0.1) is 0 Å². The number of benzene rings is 2. The monoisotopic (exact) mass is 339 g/mol. The number of hydrogen-bond donors (Lipinski definition) is 1. The van der Waals surface area contributed by atoms with Crippen LogP contribution in [0, 0.1) is 13.8 Å². The fourth-order valence-electron chi connectivity index (χ4n) is 2.51. The van der Waals surface area contributed by atoms with Crippen molar-refractivity contribution in [1.29, 1.82) is 0 Å². The Labute approximate surface area is 145 Å². The summed E-state index contributed by atoms with van der Waals surface area (Å²) in [5.74, 6) is -0.149. The highest BCUT2D eigenvalue weighted by Crippen LogP contribution is 2.19. The zero-order valence-electron chi connectivity index (χ0n) is 13.8. The van der Waals surface area contributed by atoms with E-state index >= 15 is 0 Å². The average molecular weight is 340 g/mol. The van der Waals surface area contributed by atoms with E-state index in [1.54, 1.807) is 12.1 Å². The lowest BCUT2D eigenvalue weighted by atomic mass is 10.1. The van der Waals surface area contributed by atoms with Crippen LogP contribution < -0.4 is 5.32 Å². The summed E-state index contributed by atoms with van der Waals surface area (Å²) in [7, 11) is 0. The summed E-state index contributed by atoms with van der Waals surface area (Å²) in [6.07, 6.45) is 0. The van der Waals surface area contributed by atoms with Gasteiger partial charge in [-0.3, -0.25) is 4.79 Å². The van der Waals surface area contributed by atoms with Crippen LogP contribution in [0.15, 0.2) is 42.5 Å². The Bertz CT molecular complexity index is 924. The second-order valence-electron chi connectivity index (χ2n) is 5.85. The molecule has 5 heteroatoms. The molecule has 0 aliphatic rings. The van der Waals surface area contributed by atoms with E-state index in [-0.39, 0.29) is 11.9 Å². The smallest absolute Gasteiger partial charge is 0.251 e. The lowest BCUT2D eigenvalue weighted by molar-refractivity contribution is 0.0940. The molecule has 1 amide bonds. The molecule has 0 saturated heterocycles. The van der Waals surface area contributed by atoms with Gasteiger partial charge in [0.2, 0.25) is 0 Å². The van der Waals surface area contributed by atoms with Crippen LogP contribution in [0.5, 0.6) is 0 Å². The molecule has 0 aliphatic carbocycles. The molecule has 2 aromatic carbocycles. The molecule has 1 unspecified atom stereocenters. The van der Waals surface area contributed by atoms with Gasteiger partial charge >= 0.3 is 0 Å². The van der Waals surface area contributed by atoms with Gasteiger partial charge in [0, 0.05) is 10.6 Å². The largest absolute Gasteiger partial charge is 0.346 e. The normalized spacial score (nSPS) is 12.2. The van der Waals surface area contributed by atoms with Gasteiger partial charge in [0.25, 0.3) is 5.91 Å². The maximum absolute atomic E-state index is 12.5. The zero-order valence-corrected chi connectivity index (χ0v) is 14.6. The summed E-state index contributed by atoms with van der Waals surface area (Å²) >= 11 is 6.01. The molecular weight excluding hydrogens is 322 g/mol. The number of amides is 1. The fourth-order valence-corrected chi connectivity index (χ4v) is 2.71. The lowest BCUT2D eigenvalue weighted by Crippen LogP contribution is -2.26. The second-order valence-corrected chi connectivity index (χ2v) is 6.28. The van der Waals surface area contributed by atoms with Gasteiger partial charge in [0.05, 0.1) is 28.5 Å². The van der Waals surface area contributed by atoms with E-state index in [9.17, 15) is 4.79 Å². The minimum atomic E-state index is -0.149. The van der Waals surface area contributed by atoms with E-state index in [1.165, 1.54) is 0 Å². The molecule has 1 atom stereocenters. The average Bonchev–Trinajstić information content (AvgIpc) is 2.55. The van der Waals surface area contributed by atoms with Crippen LogP contribution >= 0.6 is 11.6 Å². The Balaban J connectivity index is 1.84. The highest BCUT2D eigenvalue weighted by atomic mass is 35.5. The van der Waals surface area contributed by atoms with Crippen LogP contribution in [-0.4, -0.2) is 15.9 Å². The molecule has 122 valence electrons. The SMILES string of the molecule is Cc1nc2ccc(C(=O)NC(C)c3cccc(Cl)c3)cc2nc1C. The topological polar surface area (TPSA) is 54.9 Å². The van der Waals surface area contributed by atoms with Crippen molar-refractivity contribution >= 4 is 28.5 Å². The van der Waals surface area contributed by atoms with Crippen LogP contribution in [0.2, 0.25) is 5.02 Å². The Morgan fingerprint density at radius 1 is 1.04 bits per heavy atom. The maximum Gasteiger partial charge on any atom is 0.251 e. The molecule has 0 radical (unpaired) electrons. The minimum Gasteiger partial charge on any atom is -0.346 e. The Morgan fingerprint density at radius 3 is 2.46 bits per heavy atom. The van der Waals surface area contributed by atoms with E-state index in [4.69, 9.17) is 11.6 Å². The molecule has 3 aromatic rings. The third-order valence-corrected chi connectivity index (χ3v) is 4.27. The number of rotatable bonds is 3. The number of halogens is 1. The lowest BCUT2D eigenvalue weighted by Gasteiger charge is -2.15. The second kappa shape index (κ2) is 6.57. The molecule has 0 saturated carbocycles. The van der Waals surface area contributed by atoms with Gasteiger partial charge in [-0.05, 0) is 56.7 Å². The van der Waals surface area contributed by atoms with Crippen LogP contribution in [-0.2, 0) is 0 Å². The van der Waals surface area contributed by atoms with Gasteiger partial charge in [0.1, 0.15) is 0 Å². The molecule has 0 bridgehead atoms. The molecular formula is C19H18ClN3O. The maximum atomic E-state index is 12.5. The summed E-state index contributed by atoms with van der Waals surface area (Å²) in [4.78, 5) is 21.5. The highest BCUT2D eigenvalue weighted by molar-refractivity contribution is 6.30. The minimum absolute atomic E-state index is 0.141. The molecule has 1 N–H and O–H groups in total. The van der Waals surface area contributed by atoms with Gasteiger partial charge in [-0.25, -0.2) is 9.97 Å². The number of nitrogens with zero attached hydrogens (tertiary/aromatic N) is 2. The summed E-state index contributed by atoms with van der Waals surface area (Å²) in [6.45, 7) is 5.77. The number of carbonyl (C=O) groups is 1. The van der Waals surface area contributed by atoms with Crippen molar-refractivity contribution in [2.75, 3.05) is 0 Å². The predicted molar refractivity (Wildman–Crippen MR) is 96.3 cm³/mol. The van der Waals surface area contributed by atoms with Crippen molar-refractivity contribution in [1.82, 2.24) is 15.3 Å². The quantitative estimate of drug-likeness (QED) is 0.769. The highest BCUT2D eigenvalue weighted by Gasteiger charge is 2.13. The van der Waals surface area contributed by atoms with Gasteiger partial charge in [-0.2, -0.15) is 0 Å². The van der Waals surface area contributed by atoms with Crippen LogP contribution in [0.1, 0.15) is 40.3 Å². The molecule has 4 nitrogen and oxygen atoms in total. The first-order valence-electron chi connectivity index (χ1n) is 7.75. The number of fused-ring (bicyclic) bond motifs is 1. The first-order chi connectivity index (χ1) is 11.4. The number of carbonyl (C=O) groups excluding carboxylic acids is 1. The van der Waals surface area contributed by atoms with Crippen molar-refractivity contribution in [3.63, 3.8) is 0 Å². The predicted octanol–water partition coefficient (Wildman–Crippen LogP) is 4.39. The van der Waals surface area contributed by atoms with Crippen molar-refractivity contribution in [3.05, 3.63) is 70.0 Å². The first kappa shape index (κ1) is 16.4. The Hall–Kier alpha value is -2.46. The van der Waals surface area contributed by atoms with Crippen molar-refractivity contribution in [2.24, 2.45) is 0 Å². The standard InChI is InChI=1S/C19H18ClN3O/c1-11-12(2)22-18-10-15(7-8-17(18)21-11)19(24)23-13(3)14-5-4-6-16(20)9-14/h4-10,13H,1-3H3,(H,23,24). The molecule has 3 rings (SSSR count). The van der Waals surface area contributed by atoms with Crippen LogP contribution in [0.25, 0.3) is 11.0 Å². The van der Waals surface area contributed by atoms with Crippen molar-refractivity contribution in [3.8, 4) is 0 Å². The number of aryl methyl sites for hydroxylation is 2. The van der Waals surface area contributed by atoms with E-state index in [0.29, 0.717) is 10.6 Å². The van der Waals surface area contributed by atoms with E-state index in [0.717, 1.165) is 28.0 Å². The Morgan fingerprint density at radius 2 is 1.75 bits per heavy atom. The van der Waals surface area contributed by atoms with Gasteiger partial charge in [-0.1, -0.05) is 23.7 Å².